The number of hydrogen-bond acceptors (Lipinski definition) is 4. The van der Waals surface area contributed by atoms with Crippen molar-refractivity contribution in [2.24, 2.45) is 0 Å². The molecular formula is C18H23N3O3. The molecule has 2 fully saturated rings. The van der Waals surface area contributed by atoms with E-state index in [1.807, 2.05) is 13.0 Å². The summed E-state index contributed by atoms with van der Waals surface area (Å²) in [4.78, 5) is 26.8. The van der Waals surface area contributed by atoms with E-state index in [2.05, 4.69) is 15.9 Å². The van der Waals surface area contributed by atoms with Crippen molar-refractivity contribution in [3.8, 4) is 0 Å². The van der Waals surface area contributed by atoms with Crippen LogP contribution in [0.3, 0.4) is 0 Å². The lowest BCUT2D eigenvalue weighted by Gasteiger charge is -2.40. The van der Waals surface area contributed by atoms with Gasteiger partial charge in [0.2, 0.25) is 5.91 Å². The molecule has 0 radical (unpaired) electrons. The topological polar surface area (TPSA) is 66.7 Å². The molecule has 1 amide bonds. The Hall–Kier alpha value is -2.21. The number of non-ortho nitro benzene ring substituents is 1. The monoisotopic (exact) mass is 329 g/mol. The lowest BCUT2D eigenvalue weighted by Crippen LogP contribution is -2.55. The highest BCUT2D eigenvalue weighted by atomic mass is 16.6. The fourth-order valence-corrected chi connectivity index (χ4v) is 3.77. The highest BCUT2D eigenvalue weighted by molar-refractivity contribution is 5.77. The van der Waals surface area contributed by atoms with Crippen LogP contribution in [-0.2, 0) is 4.79 Å². The third-order valence-electron chi connectivity index (χ3n) is 4.93. The summed E-state index contributed by atoms with van der Waals surface area (Å²) >= 11 is 0. The third kappa shape index (κ3) is 3.48. The van der Waals surface area contributed by atoms with E-state index in [1.54, 1.807) is 12.1 Å². The molecule has 0 aromatic heterocycles. The van der Waals surface area contributed by atoms with Gasteiger partial charge in [-0.25, -0.2) is 0 Å². The summed E-state index contributed by atoms with van der Waals surface area (Å²) in [6, 6.07) is 7.30. The van der Waals surface area contributed by atoms with Gasteiger partial charge in [0.05, 0.1) is 4.92 Å². The summed E-state index contributed by atoms with van der Waals surface area (Å²) in [6.45, 7) is 4.65. The minimum absolute atomic E-state index is 0.112. The number of fused-ring (bicyclic) bond motifs is 2. The van der Waals surface area contributed by atoms with Crippen molar-refractivity contribution < 1.29 is 9.72 Å². The molecule has 0 N–H and O–H groups in total. The molecule has 2 aliphatic heterocycles. The second kappa shape index (κ2) is 7.13. The maximum atomic E-state index is 12.1. The third-order valence-corrected chi connectivity index (χ3v) is 4.93. The van der Waals surface area contributed by atoms with Gasteiger partial charge in [-0.3, -0.25) is 19.8 Å². The van der Waals surface area contributed by atoms with E-state index in [9.17, 15) is 14.9 Å². The molecule has 128 valence electrons. The van der Waals surface area contributed by atoms with Crippen LogP contribution in [0.2, 0.25) is 0 Å². The molecular weight excluding hydrogens is 306 g/mol. The lowest BCUT2D eigenvalue weighted by molar-refractivity contribution is -0.384. The van der Waals surface area contributed by atoms with Gasteiger partial charge in [0.15, 0.2) is 0 Å². The fraction of sp³-hybridized carbons (Fsp3) is 0.500. The van der Waals surface area contributed by atoms with E-state index in [4.69, 9.17) is 0 Å². The van der Waals surface area contributed by atoms with Gasteiger partial charge >= 0.3 is 0 Å². The molecule has 3 rings (SSSR count). The molecule has 2 heterocycles. The Labute approximate surface area is 141 Å². The van der Waals surface area contributed by atoms with Crippen LogP contribution < -0.4 is 0 Å². The van der Waals surface area contributed by atoms with Crippen LogP contribution >= 0.6 is 0 Å². The van der Waals surface area contributed by atoms with E-state index in [-0.39, 0.29) is 16.5 Å². The number of nitrogens with zero attached hydrogens (tertiary/aromatic N) is 3. The van der Waals surface area contributed by atoms with Crippen LogP contribution in [0.4, 0.5) is 5.69 Å². The Morgan fingerprint density at radius 3 is 2.42 bits per heavy atom. The molecule has 6 heteroatoms. The average Bonchev–Trinajstić information content (AvgIpc) is 2.85. The van der Waals surface area contributed by atoms with Gasteiger partial charge in [-0.2, -0.15) is 0 Å². The minimum atomic E-state index is -0.389. The number of carbonyl (C=O) groups excluding carboxylic acids is 1. The molecule has 2 bridgehead atoms. The minimum Gasteiger partial charge on any atom is -0.334 e. The van der Waals surface area contributed by atoms with Crippen LogP contribution in [-0.4, -0.2) is 52.3 Å². The number of hydrogen-bond donors (Lipinski definition) is 0. The first kappa shape index (κ1) is 16.6. The molecule has 1 aromatic carbocycles. The van der Waals surface area contributed by atoms with E-state index >= 15 is 0 Å². The summed E-state index contributed by atoms with van der Waals surface area (Å²) in [5.74, 6) is 0.281. The maximum Gasteiger partial charge on any atom is 0.269 e. The SMILES string of the molecule is CCC(=O)N1C2CCC1CN(C/C=C/c1ccc([N+](=O)[O-])cc1)C2. The summed E-state index contributed by atoms with van der Waals surface area (Å²) in [5, 5.41) is 10.6. The Bertz CT molecular complexity index is 627. The van der Waals surface area contributed by atoms with Crippen LogP contribution in [0.15, 0.2) is 30.3 Å². The van der Waals surface area contributed by atoms with Gasteiger partial charge in [-0.05, 0) is 30.5 Å². The van der Waals surface area contributed by atoms with Crippen LogP contribution in [0.25, 0.3) is 6.08 Å². The van der Waals surface area contributed by atoms with Crippen LogP contribution in [0.5, 0.6) is 0 Å². The average molecular weight is 329 g/mol. The number of likely N-dealkylation sites (tertiary alicyclic amines) is 1. The van der Waals surface area contributed by atoms with Gasteiger partial charge in [0.25, 0.3) is 5.69 Å². The second-order valence-corrected chi connectivity index (χ2v) is 6.51. The van der Waals surface area contributed by atoms with Crippen molar-refractivity contribution in [2.75, 3.05) is 19.6 Å². The van der Waals surface area contributed by atoms with Crippen molar-refractivity contribution >= 4 is 17.7 Å². The standard InChI is InChI=1S/C18H23N3O3/c1-2-18(22)20-16-9-10-17(20)13-19(12-16)11-3-4-14-5-7-15(8-6-14)21(23)24/h3-8,16-17H,2,9-13H2,1H3/b4-3+. The number of benzene rings is 1. The molecule has 24 heavy (non-hydrogen) atoms. The van der Waals surface area contributed by atoms with E-state index in [0.717, 1.165) is 38.0 Å². The predicted molar refractivity (Wildman–Crippen MR) is 92.5 cm³/mol. The summed E-state index contributed by atoms with van der Waals surface area (Å²) in [6.07, 6.45) is 6.90. The molecule has 2 aliphatic rings. The smallest absolute Gasteiger partial charge is 0.269 e. The fourth-order valence-electron chi connectivity index (χ4n) is 3.77. The number of nitro groups is 1. The van der Waals surface area contributed by atoms with Crippen molar-refractivity contribution in [3.05, 3.63) is 46.0 Å². The zero-order chi connectivity index (χ0) is 17.1. The molecule has 1 aromatic rings. The lowest BCUT2D eigenvalue weighted by atomic mass is 10.1. The highest BCUT2D eigenvalue weighted by Gasteiger charge is 2.41. The van der Waals surface area contributed by atoms with Gasteiger partial charge in [-0.1, -0.05) is 19.1 Å². The van der Waals surface area contributed by atoms with Gasteiger partial charge in [0, 0.05) is 50.3 Å². The zero-order valence-electron chi connectivity index (χ0n) is 13.9. The Morgan fingerprint density at radius 2 is 1.88 bits per heavy atom. The Morgan fingerprint density at radius 1 is 1.25 bits per heavy atom. The van der Waals surface area contributed by atoms with Crippen molar-refractivity contribution in [3.63, 3.8) is 0 Å². The second-order valence-electron chi connectivity index (χ2n) is 6.51. The van der Waals surface area contributed by atoms with Gasteiger partial charge in [-0.15, -0.1) is 0 Å². The number of nitro benzene ring substituents is 1. The zero-order valence-corrected chi connectivity index (χ0v) is 13.9. The maximum absolute atomic E-state index is 12.1. The first-order valence-electron chi connectivity index (χ1n) is 8.53. The molecule has 2 atom stereocenters. The van der Waals surface area contributed by atoms with E-state index in [0.29, 0.717) is 18.5 Å². The largest absolute Gasteiger partial charge is 0.334 e. The van der Waals surface area contributed by atoms with Crippen molar-refractivity contribution in [1.29, 1.82) is 0 Å². The van der Waals surface area contributed by atoms with Crippen molar-refractivity contribution in [1.82, 2.24) is 9.80 Å². The summed E-state index contributed by atoms with van der Waals surface area (Å²) < 4.78 is 0. The Balaban J connectivity index is 1.55. The van der Waals surface area contributed by atoms with Crippen molar-refractivity contribution in [2.45, 2.75) is 38.3 Å². The first-order chi connectivity index (χ1) is 11.6. The summed E-state index contributed by atoms with van der Waals surface area (Å²) in [7, 11) is 0. The van der Waals surface area contributed by atoms with Gasteiger partial charge in [0.1, 0.15) is 0 Å². The van der Waals surface area contributed by atoms with E-state index in [1.165, 1.54) is 12.1 Å². The molecule has 2 saturated heterocycles. The molecule has 0 saturated carbocycles. The number of carbonyl (C=O) groups is 1. The quantitative estimate of drug-likeness (QED) is 0.615. The van der Waals surface area contributed by atoms with E-state index < -0.39 is 0 Å². The number of piperazine rings is 1. The number of rotatable bonds is 5. The molecule has 2 unspecified atom stereocenters. The van der Waals surface area contributed by atoms with Gasteiger partial charge < -0.3 is 4.90 Å². The number of amides is 1. The normalized spacial score (nSPS) is 23.8. The molecule has 0 aliphatic carbocycles. The predicted octanol–water partition coefficient (Wildman–Crippen LogP) is 2.69. The molecule has 6 nitrogen and oxygen atoms in total. The Kier molecular flexibility index (Phi) is 4.94. The summed E-state index contributed by atoms with van der Waals surface area (Å²) in [5.41, 5.74) is 1.07. The van der Waals surface area contributed by atoms with Crippen LogP contribution in [0.1, 0.15) is 31.7 Å². The van der Waals surface area contributed by atoms with Crippen LogP contribution in [0, 0.1) is 10.1 Å². The molecule has 0 spiro atoms. The highest BCUT2D eigenvalue weighted by Crippen LogP contribution is 2.30. The first-order valence-corrected chi connectivity index (χ1v) is 8.53.